The van der Waals surface area contributed by atoms with Crippen LogP contribution in [0.5, 0.6) is 0 Å². The van der Waals surface area contributed by atoms with E-state index in [2.05, 4.69) is 22.1 Å². The zero-order chi connectivity index (χ0) is 11.3. The summed E-state index contributed by atoms with van der Waals surface area (Å²) in [5.74, 6) is -0.160. The smallest absolute Gasteiger partial charge is 0.270 e. The van der Waals surface area contributed by atoms with E-state index in [0.29, 0.717) is 17.4 Å². The number of hydrogen-bond donors (Lipinski definition) is 2. The van der Waals surface area contributed by atoms with Crippen LogP contribution in [0, 0.1) is 0 Å². The third kappa shape index (κ3) is 3.85. The van der Waals surface area contributed by atoms with Crippen LogP contribution in [0.4, 0.5) is 5.13 Å². The van der Waals surface area contributed by atoms with Crippen LogP contribution in [0.2, 0.25) is 0 Å². The largest absolute Gasteiger partial charge is 0.375 e. The summed E-state index contributed by atoms with van der Waals surface area (Å²) in [6.07, 6.45) is 0. The summed E-state index contributed by atoms with van der Waals surface area (Å²) in [5.41, 5.74) is 5.83. The molecule has 0 bridgehead atoms. The molecule has 0 saturated carbocycles. The molecule has 1 aromatic heterocycles. The number of thiazole rings is 1. The summed E-state index contributed by atoms with van der Waals surface area (Å²) in [6, 6.07) is 0. The van der Waals surface area contributed by atoms with E-state index in [4.69, 9.17) is 5.73 Å². The van der Waals surface area contributed by atoms with Crippen molar-refractivity contribution in [3.05, 3.63) is 11.1 Å². The number of likely N-dealkylation sites (N-methyl/N-ethyl adjacent to an activating group) is 1. The van der Waals surface area contributed by atoms with Crippen molar-refractivity contribution in [2.24, 2.45) is 0 Å². The molecule has 0 atom stereocenters. The van der Waals surface area contributed by atoms with Crippen LogP contribution in [0.15, 0.2) is 5.38 Å². The number of hydrogen-bond acceptors (Lipinski definition) is 5. The maximum atomic E-state index is 11.5. The molecular formula is C9H16N4OS. The van der Waals surface area contributed by atoms with E-state index in [1.165, 1.54) is 11.3 Å². The Kier molecular flexibility index (Phi) is 4.51. The van der Waals surface area contributed by atoms with E-state index in [0.717, 1.165) is 13.1 Å². The third-order valence-corrected chi connectivity index (χ3v) is 2.75. The lowest BCUT2D eigenvalue weighted by Gasteiger charge is -2.13. The Morgan fingerprint density at radius 2 is 2.47 bits per heavy atom. The number of nitrogens with zero attached hydrogens (tertiary/aromatic N) is 2. The minimum Gasteiger partial charge on any atom is -0.375 e. The van der Waals surface area contributed by atoms with Crippen molar-refractivity contribution in [1.82, 2.24) is 15.2 Å². The van der Waals surface area contributed by atoms with Gasteiger partial charge in [0.1, 0.15) is 5.69 Å². The Bertz CT molecular complexity index is 326. The highest BCUT2D eigenvalue weighted by molar-refractivity contribution is 7.13. The van der Waals surface area contributed by atoms with Gasteiger partial charge in [0.05, 0.1) is 0 Å². The molecule has 1 aromatic rings. The molecule has 1 amide bonds. The van der Waals surface area contributed by atoms with Crippen LogP contribution < -0.4 is 11.1 Å². The Balaban J connectivity index is 2.31. The number of nitrogen functional groups attached to an aromatic ring is 1. The number of anilines is 1. The molecular weight excluding hydrogens is 212 g/mol. The summed E-state index contributed by atoms with van der Waals surface area (Å²) < 4.78 is 0. The molecule has 1 rings (SSSR count). The van der Waals surface area contributed by atoms with E-state index in [1.807, 2.05) is 7.05 Å². The van der Waals surface area contributed by atoms with Crippen molar-refractivity contribution < 1.29 is 4.79 Å². The molecule has 0 spiro atoms. The molecule has 0 aromatic carbocycles. The molecule has 0 aliphatic rings. The number of aromatic nitrogens is 1. The maximum Gasteiger partial charge on any atom is 0.270 e. The van der Waals surface area contributed by atoms with E-state index in [-0.39, 0.29) is 5.91 Å². The van der Waals surface area contributed by atoms with E-state index >= 15 is 0 Å². The third-order valence-electron chi connectivity index (χ3n) is 2.07. The molecule has 0 aliphatic carbocycles. The first-order valence-electron chi connectivity index (χ1n) is 4.81. The fourth-order valence-corrected chi connectivity index (χ4v) is 1.54. The van der Waals surface area contributed by atoms with Crippen molar-refractivity contribution in [2.45, 2.75) is 6.92 Å². The first kappa shape index (κ1) is 11.9. The minimum absolute atomic E-state index is 0.160. The van der Waals surface area contributed by atoms with Gasteiger partial charge in [0.15, 0.2) is 5.13 Å². The Morgan fingerprint density at radius 1 is 1.73 bits per heavy atom. The number of carbonyl (C=O) groups excluding carboxylic acids is 1. The fraction of sp³-hybridized carbons (Fsp3) is 0.556. The van der Waals surface area contributed by atoms with Gasteiger partial charge in [-0.05, 0) is 13.6 Å². The molecule has 1 heterocycles. The normalized spacial score (nSPS) is 10.6. The summed E-state index contributed by atoms with van der Waals surface area (Å²) >= 11 is 1.27. The van der Waals surface area contributed by atoms with Crippen molar-refractivity contribution in [3.8, 4) is 0 Å². The quantitative estimate of drug-likeness (QED) is 0.765. The highest BCUT2D eigenvalue weighted by Gasteiger charge is 2.08. The second kappa shape index (κ2) is 5.67. The van der Waals surface area contributed by atoms with Crippen LogP contribution in [0.3, 0.4) is 0 Å². The Hall–Kier alpha value is -1.14. The van der Waals surface area contributed by atoms with Gasteiger partial charge >= 0.3 is 0 Å². The predicted octanol–water partition coefficient (Wildman–Crippen LogP) is 0.407. The number of nitrogens with two attached hydrogens (primary N) is 1. The summed E-state index contributed by atoms with van der Waals surface area (Å²) in [6.45, 7) is 4.50. The highest BCUT2D eigenvalue weighted by atomic mass is 32.1. The summed E-state index contributed by atoms with van der Waals surface area (Å²) in [5, 5.41) is 4.87. The molecule has 0 unspecified atom stereocenters. The SMILES string of the molecule is CCN(C)CCNC(=O)c1csc(N)n1. The Labute approximate surface area is 93.3 Å². The Morgan fingerprint density at radius 3 is 3.00 bits per heavy atom. The average molecular weight is 228 g/mol. The standard InChI is InChI=1S/C9H16N4OS/c1-3-13(2)5-4-11-8(14)7-6-15-9(10)12-7/h6H,3-5H2,1-2H3,(H2,10,12)(H,11,14). The van der Waals surface area contributed by atoms with Crippen molar-refractivity contribution in [3.63, 3.8) is 0 Å². The van der Waals surface area contributed by atoms with Gasteiger partial charge in [0.25, 0.3) is 5.91 Å². The molecule has 3 N–H and O–H groups in total. The summed E-state index contributed by atoms with van der Waals surface area (Å²) in [7, 11) is 2.01. The molecule has 0 saturated heterocycles. The lowest BCUT2D eigenvalue weighted by Crippen LogP contribution is -2.33. The monoisotopic (exact) mass is 228 g/mol. The highest BCUT2D eigenvalue weighted by Crippen LogP contribution is 2.10. The van der Waals surface area contributed by atoms with Crippen molar-refractivity contribution in [2.75, 3.05) is 32.4 Å². The van der Waals surface area contributed by atoms with Gasteiger partial charge in [-0.2, -0.15) is 0 Å². The van der Waals surface area contributed by atoms with Gasteiger partial charge in [-0.3, -0.25) is 4.79 Å². The van der Waals surface area contributed by atoms with Crippen LogP contribution >= 0.6 is 11.3 Å². The van der Waals surface area contributed by atoms with E-state index < -0.39 is 0 Å². The number of amides is 1. The molecule has 84 valence electrons. The second-order valence-corrected chi connectivity index (χ2v) is 4.11. The van der Waals surface area contributed by atoms with Gasteiger partial charge in [-0.25, -0.2) is 4.98 Å². The average Bonchev–Trinajstić information content (AvgIpc) is 2.64. The van der Waals surface area contributed by atoms with Gasteiger partial charge < -0.3 is 16.0 Å². The zero-order valence-corrected chi connectivity index (χ0v) is 9.80. The van der Waals surface area contributed by atoms with Crippen molar-refractivity contribution >= 4 is 22.4 Å². The zero-order valence-electron chi connectivity index (χ0n) is 8.99. The van der Waals surface area contributed by atoms with E-state index in [9.17, 15) is 4.79 Å². The van der Waals surface area contributed by atoms with Gasteiger partial charge in [-0.15, -0.1) is 11.3 Å². The van der Waals surface area contributed by atoms with Crippen LogP contribution in [-0.4, -0.2) is 42.5 Å². The number of nitrogens with one attached hydrogen (secondary N) is 1. The van der Waals surface area contributed by atoms with E-state index in [1.54, 1.807) is 5.38 Å². The molecule has 15 heavy (non-hydrogen) atoms. The predicted molar refractivity (Wildman–Crippen MR) is 62.0 cm³/mol. The summed E-state index contributed by atoms with van der Waals surface area (Å²) in [4.78, 5) is 17.5. The first-order valence-corrected chi connectivity index (χ1v) is 5.69. The fourth-order valence-electron chi connectivity index (χ4n) is 1.00. The van der Waals surface area contributed by atoms with Gasteiger partial charge in [0, 0.05) is 18.5 Å². The lowest BCUT2D eigenvalue weighted by atomic mass is 10.4. The first-order chi connectivity index (χ1) is 7.13. The second-order valence-electron chi connectivity index (χ2n) is 3.22. The van der Waals surface area contributed by atoms with Gasteiger partial charge in [0.2, 0.25) is 0 Å². The number of rotatable bonds is 5. The van der Waals surface area contributed by atoms with Crippen molar-refractivity contribution in [1.29, 1.82) is 0 Å². The van der Waals surface area contributed by atoms with Gasteiger partial charge in [-0.1, -0.05) is 6.92 Å². The van der Waals surface area contributed by atoms with Crippen LogP contribution in [0.1, 0.15) is 17.4 Å². The molecule has 6 heteroatoms. The molecule has 0 fully saturated rings. The van der Waals surface area contributed by atoms with Crippen LogP contribution in [0.25, 0.3) is 0 Å². The molecule has 0 radical (unpaired) electrons. The minimum atomic E-state index is -0.160. The number of carbonyl (C=O) groups is 1. The lowest BCUT2D eigenvalue weighted by molar-refractivity contribution is 0.0946. The molecule has 5 nitrogen and oxygen atoms in total. The topological polar surface area (TPSA) is 71.2 Å². The maximum absolute atomic E-state index is 11.5. The van der Waals surface area contributed by atoms with Crippen LogP contribution in [-0.2, 0) is 0 Å². The molecule has 0 aliphatic heterocycles.